The Morgan fingerprint density at radius 2 is 2.11 bits per heavy atom. The van der Waals surface area contributed by atoms with Gasteiger partial charge in [-0.2, -0.15) is 5.10 Å². The summed E-state index contributed by atoms with van der Waals surface area (Å²) in [4.78, 5) is 0. The molecule has 1 aromatic heterocycles. The van der Waals surface area contributed by atoms with E-state index in [1.807, 2.05) is 4.68 Å². The summed E-state index contributed by atoms with van der Waals surface area (Å²) in [6, 6.07) is 0. The molecule has 0 radical (unpaired) electrons. The van der Waals surface area contributed by atoms with Crippen LogP contribution in [0.2, 0.25) is 5.02 Å². The SMILES string of the molecule is CCc1nn(CC)c(CNCC2CCOCC2)c1Cl. The van der Waals surface area contributed by atoms with Gasteiger partial charge < -0.3 is 10.1 Å². The van der Waals surface area contributed by atoms with Crippen LogP contribution >= 0.6 is 11.6 Å². The fourth-order valence-corrected chi connectivity index (χ4v) is 2.87. The van der Waals surface area contributed by atoms with E-state index in [-0.39, 0.29) is 0 Å². The fraction of sp³-hybridized carbons (Fsp3) is 0.786. The van der Waals surface area contributed by atoms with Gasteiger partial charge in [-0.3, -0.25) is 4.68 Å². The Kier molecular flexibility index (Phi) is 5.67. The van der Waals surface area contributed by atoms with Crippen LogP contribution in [0.3, 0.4) is 0 Å². The number of aromatic nitrogens is 2. The molecular weight excluding hydrogens is 262 g/mol. The molecule has 0 amide bonds. The minimum atomic E-state index is 0.733. The maximum Gasteiger partial charge on any atom is 0.0863 e. The van der Waals surface area contributed by atoms with E-state index in [2.05, 4.69) is 24.3 Å². The van der Waals surface area contributed by atoms with Gasteiger partial charge in [0.15, 0.2) is 0 Å². The first-order valence-electron chi connectivity index (χ1n) is 7.28. The van der Waals surface area contributed by atoms with Gasteiger partial charge in [-0.15, -0.1) is 0 Å². The third-order valence-corrected chi connectivity index (χ3v) is 4.20. The number of rotatable bonds is 6. The standard InChI is InChI=1S/C14H24ClN3O/c1-3-12-14(15)13(18(4-2)17-12)10-16-9-11-5-7-19-8-6-11/h11,16H,3-10H2,1-2H3. The molecule has 0 aliphatic carbocycles. The summed E-state index contributed by atoms with van der Waals surface area (Å²) in [5.41, 5.74) is 2.12. The second-order valence-corrected chi connectivity index (χ2v) is 5.44. The Morgan fingerprint density at radius 3 is 2.74 bits per heavy atom. The van der Waals surface area contributed by atoms with Gasteiger partial charge in [0, 0.05) is 26.3 Å². The van der Waals surface area contributed by atoms with Crippen molar-refractivity contribution in [1.29, 1.82) is 0 Å². The lowest BCUT2D eigenvalue weighted by Crippen LogP contribution is -2.28. The molecule has 0 spiro atoms. The summed E-state index contributed by atoms with van der Waals surface area (Å²) in [6.45, 7) is 8.71. The van der Waals surface area contributed by atoms with Crippen molar-refractivity contribution in [3.63, 3.8) is 0 Å². The molecule has 1 aliphatic rings. The van der Waals surface area contributed by atoms with Crippen LogP contribution in [0.1, 0.15) is 38.1 Å². The van der Waals surface area contributed by atoms with E-state index in [9.17, 15) is 0 Å². The van der Waals surface area contributed by atoms with E-state index in [0.717, 1.165) is 74.4 Å². The van der Waals surface area contributed by atoms with Crippen LogP contribution in [0.25, 0.3) is 0 Å². The smallest absolute Gasteiger partial charge is 0.0863 e. The number of aryl methyl sites for hydroxylation is 2. The van der Waals surface area contributed by atoms with E-state index >= 15 is 0 Å². The van der Waals surface area contributed by atoms with Gasteiger partial charge in [0.2, 0.25) is 0 Å². The third-order valence-electron chi connectivity index (χ3n) is 3.76. The molecule has 1 aliphatic heterocycles. The van der Waals surface area contributed by atoms with Crippen LogP contribution in [-0.4, -0.2) is 29.5 Å². The molecule has 5 heteroatoms. The average Bonchev–Trinajstić information content (AvgIpc) is 2.76. The summed E-state index contributed by atoms with van der Waals surface area (Å²) < 4.78 is 7.39. The van der Waals surface area contributed by atoms with Gasteiger partial charge in [0.05, 0.1) is 16.4 Å². The minimum Gasteiger partial charge on any atom is -0.381 e. The quantitative estimate of drug-likeness (QED) is 0.873. The van der Waals surface area contributed by atoms with Gasteiger partial charge in [0.1, 0.15) is 0 Å². The van der Waals surface area contributed by atoms with Gasteiger partial charge in [-0.05, 0) is 38.6 Å². The highest BCUT2D eigenvalue weighted by molar-refractivity contribution is 6.31. The Bertz CT molecular complexity index is 400. The van der Waals surface area contributed by atoms with Crippen molar-refractivity contribution < 1.29 is 4.74 Å². The molecule has 1 saturated heterocycles. The monoisotopic (exact) mass is 285 g/mol. The van der Waals surface area contributed by atoms with Crippen LogP contribution in [0.4, 0.5) is 0 Å². The van der Waals surface area contributed by atoms with Crippen molar-refractivity contribution >= 4 is 11.6 Å². The van der Waals surface area contributed by atoms with Crippen LogP contribution in [0, 0.1) is 5.92 Å². The summed E-state index contributed by atoms with van der Waals surface area (Å²) >= 11 is 6.39. The topological polar surface area (TPSA) is 39.1 Å². The molecule has 0 aromatic carbocycles. The Morgan fingerprint density at radius 1 is 1.37 bits per heavy atom. The van der Waals surface area contributed by atoms with Crippen molar-refractivity contribution in [1.82, 2.24) is 15.1 Å². The molecule has 2 heterocycles. The van der Waals surface area contributed by atoms with Crippen LogP contribution in [0.5, 0.6) is 0 Å². The van der Waals surface area contributed by atoms with Crippen molar-refractivity contribution in [3.05, 3.63) is 16.4 Å². The zero-order valence-electron chi connectivity index (χ0n) is 11.9. The molecule has 2 rings (SSSR count). The van der Waals surface area contributed by atoms with Gasteiger partial charge in [-0.1, -0.05) is 18.5 Å². The van der Waals surface area contributed by atoms with Crippen molar-refractivity contribution in [2.24, 2.45) is 5.92 Å². The summed E-state index contributed by atoms with van der Waals surface area (Å²) in [7, 11) is 0. The van der Waals surface area contributed by atoms with Crippen LogP contribution in [-0.2, 0) is 24.2 Å². The predicted molar refractivity (Wildman–Crippen MR) is 77.5 cm³/mol. The highest BCUT2D eigenvalue weighted by Gasteiger charge is 2.16. The van der Waals surface area contributed by atoms with E-state index in [4.69, 9.17) is 16.3 Å². The van der Waals surface area contributed by atoms with E-state index in [1.54, 1.807) is 0 Å². The van der Waals surface area contributed by atoms with Crippen molar-refractivity contribution in [3.8, 4) is 0 Å². The zero-order chi connectivity index (χ0) is 13.7. The number of halogens is 1. The molecular formula is C14H24ClN3O. The number of hydrogen-bond acceptors (Lipinski definition) is 3. The lowest BCUT2D eigenvalue weighted by atomic mass is 10.0. The highest BCUT2D eigenvalue weighted by atomic mass is 35.5. The van der Waals surface area contributed by atoms with Crippen LogP contribution < -0.4 is 5.32 Å². The maximum atomic E-state index is 6.39. The summed E-state index contributed by atoms with van der Waals surface area (Å²) in [5, 5.41) is 8.90. The minimum absolute atomic E-state index is 0.733. The third kappa shape index (κ3) is 3.71. The van der Waals surface area contributed by atoms with E-state index in [0.29, 0.717) is 0 Å². The molecule has 0 bridgehead atoms. The Balaban J connectivity index is 1.89. The summed E-state index contributed by atoms with van der Waals surface area (Å²) in [6.07, 6.45) is 3.21. The first-order chi connectivity index (χ1) is 9.26. The molecule has 0 atom stereocenters. The van der Waals surface area contributed by atoms with E-state index in [1.165, 1.54) is 0 Å². The van der Waals surface area contributed by atoms with E-state index < -0.39 is 0 Å². The summed E-state index contributed by atoms with van der Waals surface area (Å²) in [5.74, 6) is 0.733. The second kappa shape index (κ2) is 7.27. The van der Waals surface area contributed by atoms with Crippen LogP contribution in [0.15, 0.2) is 0 Å². The first kappa shape index (κ1) is 14.8. The van der Waals surface area contributed by atoms with Crippen molar-refractivity contribution in [2.75, 3.05) is 19.8 Å². The van der Waals surface area contributed by atoms with Gasteiger partial charge >= 0.3 is 0 Å². The Hall–Kier alpha value is -0.580. The largest absolute Gasteiger partial charge is 0.381 e. The molecule has 1 fully saturated rings. The number of ether oxygens (including phenoxy) is 1. The number of hydrogen-bond donors (Lipinski definition) is 1. The molecule has 4 nitrogen and oxygen atoms in total. The number of nitrogens with one attached hydrogen (secondary N) is 1. The first-order valence-corrected chi connectivity index (χ1v) is 7.66. The number of nitrogens with zero attached hydrogens (tertiary/aromatic N) is 2. The van der Waals surface area contributed by atoms with Crippen molar-refractivity contribution in [2.45, 2.75) is 46.2 Å². The molecule has 19 heavy (non-hydrogen) atoms. The van der Waals surface area contributed by atoms with Gasteiger partial charge in [-0.25, -0.2) is 0 Å². The molecule has 0 saturated carbocycles. The maximum absolute atomic E-state index is 6.39. The highest BCUT2D eigenvalue weighted by Crippen LogP contribution is 2.21. The predicted octanol–water partition coefficient (Wildman–Crippen LogP) is 2.64. The molecule has 108 valence electrons. The Labute approximate surface area is 120 Å². The lowest BCUT2D eigenvalue weighted by molar-refractivity contribution is 0.0662. The normalized spacial score (nSPS) is 17.0. The molecule has 1 aromatic rings. The lowest BCUT2D eigenvalue weighted by Gasteiger charge is -2.22. The van der Waals surface area contributed by atoms with Gasteiger partial charge in [0.25, 0.3) is 0 Å². The fourth-order valence-electron chi connectivity index (χ4n) is 2.53. The zero-order valence-corrected chi connectivity index (χ0v) is 12.7. The second-order valence-electron chi connectivity index (χ2n) is 5.06. The molecule has 0 unspecified atom stereocenters. The average molecular weight is 286 g/mol. The molecule has 1 N–H and O–H groups in total.